The van der Waals surface area contributed by atoms with E-state index < -0.39 is 0 Å². The summed E-state index contributed by atoms with van der Waals surface area (Å²) in [6.45, 7) is 6.47. The van der Waals surface area contributed by atoms with Gasteiger partial charge in [-0.3, -0.25) is 9.59 Å². The van der Waals surface area contributed by atoms with Crippen LogP contribution in [0.3, 0.4) is 0 Å². The van der Waals surface area contributed by atoms with E-state index in [4.69, 9.17) is 0 Å². The molecule has 0 fully saturated rings. The summed E-state index contributed by atoms with van der Waals surface area (Å²) in [7, 11) is 0. The zero-order valence-corrected chi connectivity index (χ0v) is 16.8. The molecule has 134 valence electrons. The van der Waals surface area contributed by atoms with E-state index in [1.54, 1.807) is 12.1 Å². The molecule has 1 heterocycles. The summed E-state index contributed by atoms with van der Waals surface area (Å²) < 4.78 is 0.861. The van der Waals surface area contributed by atoms with Crippen LogP contribution in [-0.2, 0) is 11.2 Å². The molecule has 0 radical (unpaired) electrons. The lowest BCUT2D eigenvalue weighted by molar-refractivity contribution is -0.117. The van der Waals surface area contributed by atoms with E-state index in [-0.39, 0.29) is 17.2 Å². The van der Waals surface area contributed by atoms with E-state index in [0.29, 0.717) is 30.1 Å². The average Bonchev–Trinajstić information content (AvgIpc) is 2.92. The first kappa shape index (κ1) is 19.5. The van der Waals surface area contributed by atoms with Crippen molar-refractivity contribution in [1.82, 2.24) is 15.5 Å². The van der Waals surface area contributed by atoms with Crippen molar-refractivity contribution in [3.05, 3.63) is 39.3 Å². The normalized spacial score (nSPS) is 11.2. The number of carbonyl (C=O) groups is 2. The highest BCUT2D eigenvalue weighted by molar-refractivity contribution is 9.10. The molecule has 1 aromatic heterocycles. The first-order valence-electron chi connectivity index (χ1n) is 7.89. The summed E-state index contributed by atoms with van der Waals surface area (Å²) in [6, 6.07) is 7.21. The van der Waals surface area contributed by atoms with Crippen LogP contribution in [0.15, 0.2) is 28.7 Å². The molecule has 1 aromatic carbocycles. The quantitative estimate of drug-likeness (QED) is 0.740. The predicted octanol–water partition coefficient (Wildman–Crippen LogP) is 3.65. The SMILES string of the molecule is CC(C)(C)CC(=O)Nc1nnc(CCNC(=O)c2cccc(Br)c2)s1. The van der Waals surface area contributed by atoms with Crippen molar-refractivity contribution in [2.45, 2.75) is 33.6 Å². The molecular formula is C17H21BrN4O2S. The molecule has 0 saturated heterocycles. The van der Waals surface area contributed by atoms with Gasteiger partial charge >= 0.3 is 0 Å². The van der Waals surface area contributed by atoms with Crippen molar-refractivity contribution in [2.75, 3.05) is 11.9 Å². The van der Waals surface area contributed by atoms with E-state index in [1.165, 1.54) is 11.3 Å². The van der Waals surface area contributed by atoms with Gasteiger partial charge in [-0.1, -0.05) is 54.1 Å². The van der Waals surface area contributed by atoms with E-state index in [1.807, 2.05) is 32.9 Å². The van der Waals surface area contributed by atoms with Crippen molar-refractivity contribution in [3.63, 3.8) is 0 Å². The third-order valence-corrected chi connectivity index (χ3v) is 4.51. The van der Waals surface area contributed by atoms with E-state index in [0.717, 1.165) is 9.48 Å². The van der Waals surface area contributed by atoms with Gasteiger partial charge in [0.15, 0.2) is 0 Å². The van der Waals surface area contributed by atoms with Crippen molar-refractivity contribution in [2.24, 2.45) is 5.41 Å². The highest BCUT2D eigenvalue weighted by Gasteiger charge is 2.17. The van der Waals surface area contributed by atoms with E-state index in [2.05, 4.69) is 36.8 Å². The van der Waals surface area contributed by atoms with Crippen molar-refractivity contribution >= 4 is 44.2 Å². The van der Waals surface area contributed by atoms with Crippen LogP contribution in [0.1, 0.15) is 42.6 Å². The minimum atomic E-state index is -0.135. The Hall–Kier alpha value is -1.80. The third-order valence-electron chi connectivity index (χ3n) is 3.12. The second kappa shape index (κ2) is 8.53. The maximum atomic E-state index is 12.0. The first-order valence-corrected chi connectivity index (χ1v) is 9.50. The Kier molecular flexibility index (Phi) is 6.66. The van der Waals surface area contributed by atoms with Gasteiger partial charge < -0.3 is 10.6 Å². The number of anilines is 1. The van der Waals surface area contributed by atoms with Gasteiger partial charge in [-0.2, -0.15) is 0 Å². The number of nitrogens with one attached hydrogen (secondary N) is 2. The van der Waals surface area contributed by atoms with Crippen LogP contribution in [-0.4, -0.2) is 28.6 Å². The molecule has 8 heteroatoms. The Bertz CT molecular complexity index is 755. The molecule has 0 bridgehead atoms. The molecule has 0 saturated carbocycles. The number of hydrogen-bond acceptors (Lipinski definition) is 5. The fourth-order valence-corrected chi connectivity index (χ4v) is 3.22. The summed E-state index contributed by atoms with van der Waals surface area (Å²) in [4.78, 5) is 23.9. The second-order valence-corrected chi connectivity index (χ2v) is 8.78. The van der Waals surface area contributed by atoms with Gasteiger partial charge in [-0.25, -0.2) is 0 Å². The number of aromatic nitrogens is 2. The minimum Gasteiger partial charge on any atom is -0.352 e. The highest BCUT2D eigenvalue weighted by Crippen LogP contribution is 2.21. The Morgan fingerprint density at radius 3 is 2.68 bits per heavy atom. The zero-order valence-electron chi connectivity index (χ0n) is 14.4. The lowest BCUT2D eigenvalue weighted by atomic mass is 9.92. The van der Waals surface area contributed by atoms with Gasteiger partial charge in [0.2, 0.25) is 11.0 Å². The summed E-state index contributed by atoms with van der Waals surface area (Å²) in [5.74, 6) is -0.206. The molecule has 2 N–H and O–H groups in total. The molecular weight excluding hydrogens is 404 g/mol. The van der Waals surface area contributed by atoms with Crippen LogP contribution in [0.4, 0.5) is 5.13 Å². The highest BCUT2D eigenvalue weighted by atomic mass is 79.9. The standard InChI is InChI=1S/C17H21BrN4O2S/c1-17(2,3)10-13(23)20-16-22-21-14(25-16)7-8-19-15(24)11-5-4-6-12(18)9-11/h4-6,9H,7-8,10H2,1-3H3,(H,19,24)(H,20,22,23). The van der Waals surface area contributed by atoms with Crippen LogP contribution in [0.5, 0.6) is 0 Å². The summed E-state index contributed by atoms with van der Waals surface area (Å²) >= 11 is 4.67. The number of halogens is 1. The molecule has 2 amide bonds. The van der Waals surface area contributed by atoms with Crippen LogP contribution in [0, 0.1) is 5.41 Å². The summed E-state index contributed by atoms with van der Waals surface area (Å²) in [5.41, 5.74) is 0.524. The van der Waals surface area contributed by atoms with Crippen molar-refractivity contribution in [1.29, 1.82) is 0 Å². The molecule has 0 aliphatic rings. The molecule has 2 aromatic rings. The van der Waals surface area contributed by atoms with E-state index >= 15 is 0 Å². The Labute approximate surface area is 159 Å². The molecule has 2 rings (SSSR count). The number of benzene rings is 1. The summed E-state index contributed by atoms with van der Waals surface area (Å²) in [6.07, 6.45) is 0.983. The van der Waals surface area contributed by atoms with Crippen LogP contribution in [0.2, 0.25) is 0 Å². The number of hydrogen-bond donors (Lipinski definition) is 2. The van der Waals surface area contributed by atoms with Crippen LogP contribution in [0.25, 0.3) is 0 Å². The van der Waals surface area contributed by atoms with Gasteiger partial charge in [0.05, 0.1) is 0 Å². The largest absolute Gasteiger partial charge is 0.352 e. The molecule has 0 spiro atoms. The Morgan fingerprint density at radius 1 is 1.24 bits per heavy atom. The fourth-order valence-electron chi connectivity index (χ4n) is 2.07. The lowest BCUT2D eigenvalue weighted by Gasteiger charge is -2.16. The number of carbonyl (C=O) groups excluding carboxylic acids is 2. The minimum absolute atomic E-state index is 0.0712. The second-order valence-electron chi connectivity index (χ2n) is 6.80. The van der Waals surface area contributed by atoms with Crippen LogP contribution < -0.4 is 10.6 Å². The van der Waals surface area contributed by atoms with Crippen LogP contribution >= 0.6 is 27.3 Å². The number of amides is 2. The first-order chi connectivity index (χ1) is 11.7. The zero-order chi connectivity index (χ0) is 18.4. The molecule has 25 heavy (non-hydrogen) atoms. The monoisotopic (exact) mass is 424 g/mol. The average molecular weight is 425 g/mol. The number of rotatable bonds is 6. The molecule has 6 nitrogen and oxygen atoms in total. The summed E-state index contributed by atoms with van der Waals surface area (Å²) in [5, 5.41) is 14.9. The molecule has 0 atom stereocenters. The smallest absolute Gasteiger partial charge is 0.251 e. The van der Waals surface area contributed by atoms with Gasteiger partial charge in [-0.05, 0) is 23.6 Å². The third kappa shape index (κ3) is 6.91. The molecule has 0 aliphatic heterocycles. The van der Waals surface area contributed by atoms with Gasteiger partial charge in [0, 0.05) is 29.4 Å². The van der Waals surface area contributed by atoms with Gasteiger partial charge in [0.1, 0.15) is 5.01 Å². The Morgan fingerprint density at radius 2 is 2.00 bits per heavy atom. The fraction of sp³-hybridized carbons (Fsp3) is 0.412. The van der Waals surface area contributed by atoms with Crippen molar-refractivity contribution < 1.29 is 9.59 Å². The predicted molar refractivity (Wildman–Crippen MR) is 103 cm³/mol. The topological polar surface area (TPSA) is 84.0 Å². The van der Waals surface area contributed by atoms with Gasteiger partial charge in [-0.15, -0.1) is 10.2 Å². The lowest BCUT2D eigenvalue weighted by Crippen LogP contribution is -2.25. The maximum absolute atomic E-state index is 12.0. The molecule has 0 unspecified atom stereocenters. The van der Waals surface area contributed by atoms with Gasteiger partial charge in [0.25, 0.3) is 5.91 Å². The molecule has 0 aliphatic carbocycles. The maximum Gasteiger partial charge on any atom is 0.251 e. The van der Waals surface area contributed by atoms with Crippen molar-refractivity contribution in [3.8, 4) is 0 Å². The number of nitrogens with zero attached hydrogens (tertiary/aromatic N) is 2. The Balaban J connectivity index is 1.79. The van der Waals surface area contributed by atoms with E-state index in [9.17, 15) is 9.59 Å².